The van der Waals surface area contributed by atoms with Gasteiger partial charge in [0.2, 0.25) is 0 Å². The molecule has 3 rings (SSSR count). The molecule has 1 aliphatic rings. The maximum absolute atomic E-state index is 12.3. The lowest BCUT2D eigenvalue weighted by Crippen LogP contribution is -2.29. The molecule has 0 atom stereocenters. The van der Waals surface area contributed by atoms with Gasteiger partial charge >= 0.3 is 0 Å². The predicted octanol–water partition coefficient (Wildman–Crippen LogP) is 4.45. The first kappa shape index (κ1) is 13.4. The van der Waals surface area contributed by atoms with E-state index in [1.165, 1.54) is 24.3 Å². The van der Waals surface area contributed by atoms with Crippen molar-refractivity contribution in [1.29, 1.82) is 0 Å². The van der Waals surface area contributed by atoms with Gasteiger partial charge in [0.15, 0.2) is 0 Å². The van der Waals surface area contributed by atoms with Crippen molar-refractivity contribution in [2.24, 2.45) is 0 Å². The third-order valence-electron chi connectivity index (χ3n) is 3.01. The van der Waals surface area contributed by atoms with Crippen LogP contribution < -0.4 is 4.90 Å². The van der Waals surface area contributed by atoms with Crippen molar-refractivity contribution < 1.29 is 9.59 Å². The summed E-state index contributed by atoms with van der Waals surface area (Å²) in [5, 5.41) is 1.04. The monoisotopic (exact) mass is 325 g/mol. The van der Waals surface area contributed by atoms with Crippen LogP contribution in [0.4, 0.5) is 5.69 Å². The van der Waals surface area contributed by atoms with Crippen molar-refractivity contribution in [3.63, 3.8) is 0 Å². The zero-order chi connectivity index (χ0) is 14.4. The number of nitrogens with zero attached hydrogens (tertiary/aromatic N) is 1. The summed E-state index contributed by atoms with van der Waals surface area (Å²) in [5.41, 5.74) is 0.987. The quantitative estimate of drug-likeness (QED) is 0.726. The molecule has 0 saturated heterocycles. The number of hydrogen-bond donors (Lipinski definition) is 0. The molecule has 2 aromatic carbocycles. The molecule has 0 N–H and O–H groups in total. The van der Waals surface area contributed by atoms with E-state index in [0.29, 0.717) is 21.3 Å². The van der Waals surface area contributed by atoms with Crippen LogP contribution in [0.25, 0.3) is 0 Å². The number of carbonyl (C=O) groups is 2. The van der Waals surface area contributed by atoms with Gasteiger partial charge < -0.3 is 0 Å². The Morgan fingerprint density at radius 1 is 0.750 bits per heavy atom. The van der Waals surface area contributed by atoms with Crippen molar-refractivity contribution >= 4 is 52.3 Å². The number of halogens is 3. The standard InChI is InChI=1S/C14H6Cl3NO2/c15-7-1-3-9-10(5-7)14(20)18(13(9)19)8-2-4-11(16)12(17)6-8/h1-6H. The molecule has 0 aromatic heterocycles. The SMILES string of the molecule is O=C1c2ccc(Cl)cc2C(=O)N1c1ccc(Cl)c(Cl)c1. The number of fused-ring (bicyclic) bond motifs is 1. The second kappa shape index (κ2) is 4.77. The Morgan fingerprint density at radius 3 is 2.15 bits per heavy atom. The molecule has 0 radical (unpaired) electrons. The Hall–Kier alpha value is -1.55. The van der Waals surface area contributed by atoms with Crippen LogP contribution in [0.3, 0.4) is 0 Å². The Balaban J connectivity index is 2.11. The van der Waals surface area contributed by atoms with Gasteiger partial charge in [-0.25, -0.2) is 4.90 Å². The average molecular weight is 327 g/mol. The summed E-state index contributed by atoms with van der Waals surface area (Å²) in [6.45, 7) is 0. The first-order chi connectivity index (χ1) is 9.49. The number of carbonyl (C=O) groups excluding carboxylic acids is 2. The molecule has 1 aliphatic heterocycles. The summed E-state index contributed by atoms with van der Waals surface area (Å²) in [6, 6.07) is 9.18. The lowest BCUT2D eigenvalue weighted by Gasteiger charge is -2.14. The van der Waals surface area contributed by atoms with E-state index in [4.69, 9.17) is 34.8 Å². The summed E-state index contributed by atoms with van der Waals surface area (Å²) >= 11 is 17.6. The van der Waals surface area contributed by atoms with Gasteiger partial charge in [0.25, 0.3) is 11.8 Å². The first-order valence-electron chi connectivity index (χ1n) is 5.62. The molecule has 0 bridgehead atoms. The van der Waals surface area contributed by atoms with Gasteiger partial charge in [-0.3, -0.25) is 9.59 Å². The maximum Gasteiger partial charge on any atom is 0.266 e. The highest BCUT2D eigenvalue weighted by Crippen LogP contribution is 2.33. The molecule has 0 fully saturated rings. The Bertz CT molecular complexity index is 758. The minimum atomic E-state index is -0.425. The molecule has 0 unspecified atom stereocenters. The predicted molar refractivity (Wildman–Crippen MR) is 79.1 cm³/mol. The highest BCUT2D eigenvalue weighted by molar-refractivity contribution is 6.42. The van der Waals surface area contributed by atoms with E-state index in [1.807, 2.05) is 0 Å². The lowest BCUT2D eigenvalue weighted by molar-refractivity contribution is 0.0926. The average Bonchev–Trinajstić information content (AvgIpc) is 2.65. The van der Waals surface area contributed by atoms with Crippen LogP contribution in [-0.2, 0) is 0 Å². The summed E-state index contributed by atoms with van der Waals surface area (Å²) in [5.74, 6) is -0.828. The van der Waals surface area contributed by atoms with Gasteiger partial charge in [-0.05, 0) is 36.4 Å². The van der Waals surface area contributed by atoms with E-state index < -0.39 is 11.8 Å². The van der Waals surface area contributed by atoms with Crippen molar-refractivity contribution in [3.8, 4) is 0 Å². The third kappa shape index (κ3) is 1.99. The number of benzene rings is 2. The first-order valence-corrected chi connectivity index (χ1v) is 6.76. The van der Waals surface area contributed by atoms with Crippen LogP contribution in [0.1, 0.15) is 20.7 Å². The number of rotatable bonds is 1. The topological polar surface area (TPSA) is 37.4 Å². The number of hydrogen-bond acceptors (Lipinski definition) is 2. The van der Waals surface area contributed by atoms with Gasteiger partial charge in [-0.1, -0.05) is 34.8 Å². The molecule has 2 aromatic rings. The molecule has 20 heavy (non-hydrogen) atoms. The van der Waals surface area contributed by atoms with Crippen LogP contribution in [0.2, 0.25) is 15.1 Å². The van der Waals surface area contributed by atoms with Gasteiger partial charge in [0, 0.05) is 5.02 Å². The maximum atomic E-state index is 12.3. The van der Waals surface area contributed by atoms with E-state index in [-0.39, 0.29) is 10.6 Å². The van der Waals surface area contributed by atoms with Gasteiger partial charge in [-0.2, -0.15) is 0 Å². The van der Waals surface area contributed by atoms with Crippen LogP contribution in [-0.4, -0.2) is 11.8 Å². The normalized spacial score (nSPS) is 13.8. The number of anilines is 1. The Labute approximate surface area is 129 Å². The lowest BCUT2D eigenvalue weighted by atomic mass is 10.1. The third-order valence-corrected chi connectivity index (χ3v) is 3.98. The minimum Gasteiger partial charge on any atom is -0.268 e. The highest BCUT2D eigenvalue weighted by Gasteiger charge is 2.36. The molecule has 2 amide bonds. The molecular formula is C14H6Cl3NO2. The molecule has 0 spiro atoms. The fourth-order valence-corrected chi connectivity index (χ4v) is 2.54. The van der Waals surface area contributed by atoms with Crippen molar-refractivity contribution in [2.45, 2.75) is 0 Å². The van der Waals surface area contributed by atoms with Crippen LogP contribution in [0, 0.1) is 0 Å². The van der Waals surface area contributed by atoms with Gasteiger partial charge in [-0.15, -0.1) is 0 Å². The van der Waals surface area contributed by atoms with Crippen molar-refractivity contribution in [2.75, 3.05) is 4.90 Å². The summed E-state index contributed by atoms with van der Waals surface area (Å²) in [7, 11) is 0. The van der Waals surface area contributed by atoms with Gasteiger partial charge in [0.05, 0.1) is 26.9 Å². The van der Waals surface area contributed by atoms with Crippen LogP contribution in [0.5, 0.6) is 0 Å². The molecule has 0 aliphatic carbocycles. The van der Waals surface area contributed by atoms with E-state index in [1.54, 1.807) is 12.1 Å². The molecule has 0 saturated carbocycles. The van der Waals surface area contributed by atoms with E-state index >= 15 is 0 Å². The second-order valence-corrected chi connectivity index (χ2v) is 5.48. The zero-order valence-corrected chi connectivity index (χ0v) is 12.1. The summed E-state index contributed by atoms with van der Waals surface area (Å²) in [4.78, 5) is 25.7. The molecule has 1 heterocycles. The van der Waals surface area contributed by atoms with Crippen molar-refractivity contribution in [1.82, 2.24) is 0 Å². The highest BCUT2D eigenvalue weighted by atomic mass is 35.5. The Morgan fingerprint density at radius 2 is 1.45 bits per heavy atom. The number of imide groups is 1. The second-order valence-electron chi connectivity index (χ2n) is 4.23. The fourth-order valence-electron chi connectivity index (χ4n) is 2.07. The Kier molecular flexibility index (Phi) is 3.21. The molecule has 6 heteroatoms. The summed E-state index contributed by atoms with van der Waals surface area (Å²) < 4.78 is 0. The smallest absolute Gasteiger partial charge is 0.266 e. The fraction of sp³-hybridized carbons (Fsp3) is 0. The minimum absolute atomic E-state index is 0.277. The van der Waals surface area contributed by atoms with Gasteiger partial charge in [0.1, 0.15) is 0 Å². The van der Waals surface area contributed by atoms with Crippen molar-refractivity contribution in [3.05, 3.63) is 62.6 Å². The van der Waals surface area contributed by atoms with E-state index in [2.05, 4.69) is 0 Å². The van der Waals surface area contributed by atoms with E-state index in [9.17, 15) is 9.59 Å². The number of amides is 2. The van der Waals surface area contributed by atoms with E-state index in [0.717, 1.165) is 4.90 Å². The molecule has 100 valence electrons. The summed E-state index contributed by atoms with van der Waals surface area (Å²) in [6.07, 6.45) is 0. The molecular weight excluding hydrogens is 321 g/mol. The molecule has 3 nitrogen and oxygen atoms in total. The largest absolute Gasteiger partial charge is 0.268 e. The zero-order valence-electron chi connectivity index (χ0n) is 9.86. The van der Waals surface area contributed by atoms with Crippen LogP contribution >= 0.6 is 34.8 Å². The van der Waals surface area contributed by atoms with Crippen LogP contribution in [0.15, 0.2) is 36.4 Å².